The Morgan fingerprint density at radius 3 is 2.31 bits per heavy atom. The van der Waals surface area contributed by atoms with Gasteiger partial charge in [-0.1, -0.05) is 32.3 Å². The normalized spacial score (nSPS) is 10.1. The van der Waals surface area contributed by atoms with Crippen LogP contribution in [0.5, 0.6) is 0 Å². The molecule has 0 N–H and O–H groups in total. The summed E-state index contributed by atoms with van der Waals surface area (Å²) in [7, 11) is 9.87. The SMILES string of the molecule is [CH2-]/C=C/C/C=C/CCCC.[Cl][Zr][Cl]. The third-order valence-electron chi connectivity index (χ3n) is 1.33. The molecule has 0 unspecified atom stereocenters. The Kier molecular flexibility index (Phi) is 23.2. The van der Waals surface area contributed by atoms with E-state index >= 15 is 0 Å². The van der Waals surface area contributed by atoms with Crippen LogP contribution >= 0.6 is 17.0 Å². The van der Waals surface area contributed by atoms with Gasteiger partial charge in [0.15, 0.2) is 0 Å². The minimum absolute atomic E-state index is 0.826. The average molecular weight is 299 g/mol. The van der Waals surface area contributed by atoms with E-state index in [0.29, 0.717) is 0 Å². The standard InChI is InChI=1S/C10H17.2ClH.Zr/c1-3-5-7-9-10-8-6-4-2;;;/h3,5,9-10H,1,4,6-8H2,2H3;2*1H;/q-1;;;+2/p-2/b5-3+,10-9+;;;. The van der Waals surface area contributed by atoms with Crippen molar-refractivity contribution in [2.45, 2.75) is 32.6 Å². The maximum absolute atomic E-state index is 4.93. The molecule has 0 aliphatic carbocycles. The van der Waals surface area contributed by atoms with Crippen molar-refractivity contribution >= 4 is 17.0 Å². The van der Waals surface area contributed by atoms with E-state index in [9.17, 15) is 0 Å². The second-order valence-electron chi connectivity index (χ2n) is 2.39. The third kappa shape index (κ3) is 24.5. The van der Waals surface area contributed by atoms with Crippen LogP contribution in [0.4, 0.5) is 0 Å². The molecule has 0 aliphatic rings. The number of halogens is 2. The molecule has 0 rings (SSSR count). The predicted molar refractivity (Wildman–Crippen MR) is 59.5 cm³/mol. The zero-order chi connectivity index (χ0) is 10.4. The Labute approximate surface area is 101 Å². The van der Waals surface area contributed by atoms with Gasteiger partial charge in [-0.15, -0.1) is 6.08 Å². The van der Waals surface area contributed by atoms with E-state index in [1.165, 1.54) is 19.3 Å². The van der Waals surface area contributed by atoms with Crippen LogP contribution in [0.1, 0.15) is 32.6 Å². The molecule has 0 fully saturated rings. The first-order valence-corrected chi connectivity index (χ1v) is 10.7. The molecule has 0 aromatic heterocycles. The number of allylic oxidation sites excluding steroid dienone is 4. The van der Waals surface area contributed by atoms with Gasteiger partial charge in [-0.3, -0.25) is 0 Å². The fraction of sp³-hybridized carbons (Fsp3) is 0.500. The third-order valence-corrected chi connectivity index (χ3v) is 1.33. The van der Waals surface area contributed by atoms with Crippen LogP contribution in [0, 0.1) is 6.92 Å². The molecule has 0 atom stereocenters. The molecule has 0 aliphatic heterocycles. The molecule has 0 spiro atoms. The second kappa shape index (κ2) is 18.6. The van der Waals surface area contributed by atoms with E-state index in [1.807, 2.05) is 6.08 Å². The van der Waals surface area contributed by atoms with Crippen LogP contribution in [0.25, 0.3) is 0 Å². The minimum atomic E-state index is -0.826. The molecule has 0 bridgehead atoms. The first-order valence-electron chi connectivity index (χ1n) is 4.38. The fourth-order valence-electron chi connectivity index (χ4n) is 0.711. The number of rotatable bonds is 5. The monoisotopic (exact) mass is 297 g/mol. The van der Waals surface area contributed by atoms with Gasteiger partial charge >= 0.3 is 37.9 Å². The molecule has 76 valence electrons. The van der Waals surface area contributed by atoms with Crippen molar-refractivity contribution in [2.24, 2.45) is 0 Å². The van der Waals surface area contributed by atoms with E-state index in [4.69, 9.17) is 17.0 Å². The Morgan fingerprint density at radius 1 is 1.23 bits per heavy atom. The Balaban J connectivity index is 0. The molecule has 0 aromatic carbocycles. The van der Waals surface area contributed by atoms with E-state index in [2.05, 4.69) is 32.1 Å². The maximum atomic E-state index is 4.93. The number of unbranched alkanes of at least 4 members (excludes halogenated alkanes) is 2. The molecule has 0 nitrogen and oxygen atoms in total. The van der Waals surface area contributed by atoms with Gasteiger partial charge in [0, 0.05) is 0 Å². The van der Waals surface area contributed by atoms with E-state index in [0.717, 1.165) is 6.42 Å². The summed E-state index contributed by atoms with van der Waals surface area (Å²) in [6.45, 7) is 5.82. The number of hydrogen-bond donors (Lipinski definition) is 0. The molecule has 0 radical (unpaired) electrons. The fourth-order valence-corrected chi connectivity index (χ4v) is 0.711. The molecule has 0 amide bonds. The van der Waals surface area contributed by atoms with Gasteiger partial charge in [-0.25, -0.2) is 19.1 Å². The van der Waals surface area contributed by atoms with Crippen LogP contribution < -0.4 is 0 Å². The summed E-state index contributed by atoms with van der Waals surface area (Å²) < 4.78 is 0. The van der Waals surface area contributed by atoms with Crippen LogP contribution in [-0.2, 0) is 20.8 Å². The van der Waals surface area contributed by atoms with Crippen LogP contribution in [-0.4, -0.2) is 0 Å². The molecular formula is C10H17Cl2Zr-. The summed E-state index contributed by atoms with van der Waals surface area (Å²) in [4.78, 5) is 0. The summed E-state index contributed by atoms with van der Waals surface area (Å²) in [5.74, 6) is 0. The van der Waals surface area contributed by atoms with Gasteiger partial charge in [-0.2, -0.15) is 0 Å². The quantitative estimate of drug-likeness (QED) is 0.385. The average Bonchev–Trinajstić information content (AvgIpc) is 2.13. The topological polar surface area (TPSA) is 0 Å². The molecule has 3 heteroatoms. The second-order valence-corrected chi connectivity index (χ2v) is 6.12. The van der Waals surface area contributed by atoms with Crippen molar-refractivity contribution in [3.8, 4) is 0 Å². The summed E-state index contributed by atoms with van der Waals surface area (Å²) in [5, 5.41) is 0. The first kappa shape index (κ1) is 16.3. The van der Waals surface area contributed by atoms with Gasteiger partial charge in [0.05, 0.1) is 0 Å². The Morgan fingerprint density at radius 2 is 1.85 bits per heavy atom. The van der Waals surface area contributed by atoms with Crippen molar-refractivity contribution in [1.82, 2.24) is 0 Å². The molecule has 0 aromatic rings. The summed E-state index contributed by atoms with van der Waals surface area (Å²) in [6.07, 6.45) is 13.2. The molecular weight excluding hydrogens is 282 g/mol. The summed E-state index contributed by atoms with van der Waals surface area (Å²) in [6, 6.07) is 0. The van der Waals surface area contributed by atoms with Crippen molar-refractivity contribution in [1.29, 1.82) is 0 Å². The van der Waals surface area contributed by atoms with Crippen molar-refractivity contribution in [2.75, 3.05) is 0 Å². The van der Waals surface area contributed by atoms with Crippen molar-refractivity contribution in [3.63, 3.8) is 0 Å². The van der Waals surface area contributed by atoms with Gasteiger partial charge in [0.2, 0.25) is 0 Å². The Bertz CT molecular complexity index is 122. The van der Waals surface area contributed by atoms with Crippen LogP contribution in [0.15, 0.2) is 24.3 Å². The van der Waals surface area contributed by atoms with Crippen LogP contribution in [0.3, 0.4) is 0 Å². The van der Waals surface area contributed by atoms with Gasteiger partial charge in [-0.05, 0) is 6.42 Å². The molecule has 0 heterocycles. The summed E-state index contributed by atoms with van der Waals surface area (Å²) >= 11 is -0.826. The van der Waals surface area contributed by atoms with Gasteiger partial charge in [0.25, 0.3) is 0 Å². The van der Waals surface area contributed by atoms with Crippen LogP contribution in [0.2, 0.25) is 0 Å². The molecule has 0 saturated heterocycles. The number of hydrogen-bond acceptors (Lipinski definition) is 0. The predicted octanol–water partition coefficient (Wildman–Crippen LogP) is 4.89. The summed E-state index contributed by atoms with van der Waals surface area (Å²) in [5.41, 5.74) is 0. The molecule has 0 saturated carbocycles. The van der Waals surface area contributed by atoms with E-state index < -0.39 is 20.8 Å². The zero-order valence-corrected chi connectivity index (χ0v) is 12.1. The first-order chi connectivity index (χ1) is 6.33. The van der Waals surface area contributed by atoms with E-state index in [-0.39, 0.29) is 0 Å². The molecule has 13 heavy (non-hydrogen) atoms. The van der Waals surface area contributed by atoms with Gasteiger partial charge in [0.1, 0.15) is 0 Å². The van der Waals surface area contributed by atoms with Crippen molar-refractivity contribution < 1.29 is 20.8 Å². The zero-order valence-electron chi connectivity index (χ0n) is 8.10. The Hall–Kier alpha value is 0.813. The van der Waals surface area contributed by atoms with Gasteiger partial charge < -0.3 is 0 Å². The van der Waals surface area contributed by atoms with Crippen molar-refractivity contribution in [3.05, 3.63) is 31.2 Å². The van der Waals surface area contributed by atoms with E-state index in [1.54, 1.807) is 0 Å².